The van der Waals surface area contributed by atoms with Gasteiger partial charge >= 0.3 is 0 Å². The average molecular weight is 150 g/mol. The fraction of sp³-hybridized carbons (Fsp3) is 0.125. The predicted octanol–water partition coefficient (Wildman–Crippen LogP) is 1.62. The largest absolute Gasteiger partial charge is 0.508 e. The zero-order chi connectivity index (χ0) is 8.01. The summed E-state index contributed by atoms with van der Waals surface area (Å²) in [5, 5.41) is 9.21. The second-order valence-electron chi connectivity index (χ2n) is 2.48. The third-order valence-electron chi connectivity index (χ3n) is 1.81. The Bertz CT molecular complexity index is 342. The Kier molecular flexibility index (Phi) is 0.990. The summed E-state index contributed by atoms with van der Waals surface area (Å²) in [4.78, 5) is 10.4. The molecule has 0 fully saturated rings. The lowest BCUT2D eigenvalue weighted by atomic mass is 10.1. The van der Waals surface area contributed by atoms with Crippen LogP contribution in [0.5, 0.6) is 17.2 Å². The van der Waals surface area contributed by atoms with Gasteiger partial charge in [0.15, 0.2) is 17.8 Å². The van der Waals surface area contributed by atoms with Gasteiger partial charge < -0.3 is 9.84 Å². The minimum atomic E-state index is 0.114. The van der Waals surface area contributed by atoms with Crippen LogP contribution < -0.4 is 4.74 Å². The predicted molar refractivity (Wildman–Crippen MR) is 38.3 cm³/mol. The highest BCUT2D eigenvalue weighted by molar-refractivity contribution is 5.88. The number of hydrogen-bond acceptors (Lipinski definition) is 3. The Balaban J connectivity index is 2.72. The van der Waals surface area contributed by atoms with Crippen molar-refractivity contribution in [2.45, 2.75) is 6.92 Å². The molecule has 3 nitrogen and oxygen atoms in total. The molecule has 2 rings (SSSR count). The van der Waals surface area contributed by atoms with Gasteiger partial charge in [0.05, 0.1) is 5.56 Å². The van der Waals surface area contributed by atoms with Crippen molar-refractivity contribution in [2.24, 2.45) is 0 Å². The first-order valence-electron chi connectivity index (χ1n) is 3.23. The zero-order valence-corrected chi connectivity index (χ0v) is 5.92. The van der Waals surface area contributed by atoms with Gasteiger partial charge in [-0.25, -0.2) is 0 Å². The Hall–Kier alpha value is -1.51. The summed E-state index contributed by atoms with van der Waals surface area (Å²) in [5.74, 6) is 1.33. The van der Waals surface area contributed by atoms with Crippen molar-refractivity contribution in [3.8, 4) is 17.2 Å². The molecule has 0 unspecified atom stereocenters. The molecule has 11 heavy (non-hydrogen) atoms. The van der Waals surface area contributed by atoms with Crippen LogP contribution in [-0.2, 0) is 0 Å². The molecule has 1 aromatic rings. The maximum atomic E-state index is 10.4. The highest BCUT2D eigenvalue weighted by Gasteiger charge is 2.27. The van der Waals surface area contributed by atoms with Gasteiger partial charge in [0, 0.05) is 11.6 Å². The topological polar surface area (TPSA) is 49.8 Å². The highest BCUT2D eigenvalue weighted by Crippen LogP contribution is 2.51. The minimum Gasteiger partial charge on any atom is -0.508 e. The van der Waals surface area contributed by atoms with E-state index in [4.69, 9.17) is 4.74 Å². The van der Waals surface area contributed by atoms with Crippen molar-refractivity contribution in [3.63, 3.8) is 0 Å². The number of hydrogen-bond donors (Lipinski definition) is 1. The lowest BCUT2D eigenvalue weighted by Crippen LogP contribution is -1.81. The van der Waals surface area contributed by atoms with Gasteiger partial charge in [-0.15, -0.1) is 0 Å². The molecular formula is C8H6O3. The van der Waals surface area contributed by atoms with E-state index in [0.29, 0.717) is 28.9 Å². The van der Waals surface area contributed by atoms with Crippen LogP contribution in [0.15, 0.2) is 6.07 Å². The van der Waals surface area contributed by atoms with E-state index < -0.39 is 0 Å². The lowest BCUT2D eigenvalue weighted by molar-refractivity contribution is 0.112. The van der Waals surface area contributed by atoms with Gasteiger partial charge in [-0.05, 0) is 6.92 Å². The van der Waals surface area contributed by atoms with Gasteiger partial charge in [-0.3, -0.25) is 4.79 Å². The van der Waals surface area contributed by atoms with Gasteiger partial charge in [-0.1, -0.05) is 0 Å². The summed E-state index contributed by atoms with van der Waals surface area (Å²) in [6.45, 7) is 1.68. The molecule has 0 aromatic heterocycles. The molecule has 1 heterocycles. The highest BCUT2D eigenvalue weighted by atomic mass is 16.6. The lowest BCUT2D eigenvalue weighted by Gasteiger charge is -1.94. The summed E-state index contributed by atoms with van der Waals surface area (Å²) in [6, 6.07) is 1.51. The first kappa shape index (κ1) is 6.22. The molecule has 1 aliphatic rings. The SMILES string of the molecule is Cc1c(O)cc2c(c1C=O)O2. The molecule has 0 atom stereocenters. The maximum Gasteiger partial charge on any atom is 0.181 e. The Labute approximate surface area is 63.2 Å². The molecule has 1 aromatic carbocycles. The van der Waals surface area contributed by atoms with Crippen LogP contribution in [0.3, 0.4) is 0 Å². The first-order valence-corrected chi connectivity index (χ1v) is 3.23. The van der Waals surface area contributed by atoms with E-state index in [9.17, 15) is 9.90 Å². The molecule has 0 saturated carbocycles. The number of benzene rings is 1. The minimum absolute atomic E-state index is 0.114. The smallest absolute Gasteiger partial charge is 0.181 e. The molecule has 0 saturated heterocycles. The van der Waals surface area contributed by atoms with Crippen molar-refractivity contribution in [1.29, 1.82) is 0 Å². The molecule has 0 radical (unpaired) electrons. The van der Waals surface area contributed by atoms with Crippen molar-refractivity contribution >= 4 is 6.29 Å². The molecular weight excluding hydrogens is 144 g/mol. The second-order valence-corrected chi connectivity index (χ2v) is 2.48. The third kappa shape index (κ3) is 0.707. The van der Waals surface area contributed by atoms with Crippen LogP contribution in [0.4, 0.5) is 0 Å². The number of aldehydes is 1. The normalized spacial score (nSPS) is 11.7. The van der Waals surface area contributed by atoms with E-state index in [-0.39, 0.29) is 5.75 Å². The van der Waals surface area contributed by atoms with Crippen molar-refractivity contribution in [2.75, 3.05) is 0 Å². The molecule has 3 heteroatoms. The third-order valence-corrected chi connectivity index (χ3v) is 1.81. The van der Waals surface area contributed by atoms with E-state index in [0.717, 1.165) is 0 Å². The van der Waals surface area contributed by atoms with Gasteiger partial charge in [-0.2, -0.15) is 0 Å². The van der Waals surface area contributed by atoms with E-state index in [1.165, 1.54) is 6.07 Å². The number of aromatic hydroxyl groups is 1. The zero-order valence-electron chi connectivity index (χ0n) is 5.92. The molecule has 56 valence electrons. The molecule has 0 aliphatic carbocycles. The monoisotopic (exact) mass is 150 g/mol. The van der Waals surface area contributed by atoms with Gasteiger partial charge in [0.2, 0.25) is 0 Å². The summed E-state index contributed by atoms with van der Waals surface area (Å²) >= 11 is 0. The standard InChI is InChI=1S/C8H6O3/c1-4-5(3-9)8-7(11-8)2-6(4)10/h2-3,10H,1H3. The summed E-state index contributed by atoms with van der Waals surface area (Å²) in [5.41, 5.74) is 1.04. The fourth-order valence-electron chi connectivity index (χ4n) is 1.05. The molecule has 0 amide bonds. The molecule has 1 aliphatic heterocycles. The number of ether oxygens (including phenoxy) is 1. The average Bonchev–Trinajstić information content (AvgIpc) is 2.69. The van der Waals surface area contributed by atoms with Crippen LogP contribution in [0.1, 0.15) is 15.9 Å². The van der Waals surface area contributed by atoms with Crippen LogP contribution in [0, 0.1) is 6.92 Å². The first-order chi connectivity index (χ1) is 5.24. The van der Waals surface area contributed by atoms with Crippen LogP contribution in [0.2, 0.25) is 0 Å². The second kappa shape index (κ2) is 1.75. The quantitative estimate of drug-likeness (QED) is 0.496. The summed E-state index contributed by atoms with van der Waals surface area (Å²) in [6.07, 6.45) is 0.695. The van der Waals surface area contributed by atoms with Crippen molar-refractivity contribution in [1.82, 2.24) is 0 Å². The number of phenolic OH excluding ortho intramolecular Hbond substituents is 1. The van der Waals surface area contributed by atoms with Gasteiger partial charge in [0.25, 0.3) is 0 Å². The number of carbonyl (C=O) groups excluding carboxylic acids is 1. The number of carbonyl (C=O) groups is 1. The maximum absolute atomic E-state index is 10.4. The summed E-state index contributed by atoms with van der Waals surface area (Å²) < 4.78 is 4.93. The van der Waals surface area contributed by atoms with E-state index in [2.05, 4.69) is 0 Å². The number of rotatable bonds is 1. The van der Waals surface area contributed by atoms with E-state index >= 15 is 0 Å². The summed E-state index contributed by atoms with van der Waals surface area (Å²) in [7, 11) is 0. The number of fused-ring (bicyclic) bond motifs is 1. The fourth-order valence-corrected chi connectivity index (χ4v) is 1.05. The Morgan fingerprint density at radius 1 is 1.64 bits per heavy atom. The Morgan fingerprint density at radius 3 is 3.00 bits per heavy atom. The van der Waals surface area contributed by atoms with Crippen LogP contribution >= 0.6 is 0 Å². The van der Waals surface area contributed by atoms with E-state index in [1.54, 1.807) is 6.92 Å². The van der Waals surface area contributed by atoms with Gasteiger partial charge in [0.1, 0.15) is 5.75 Å². The van der Waals surface area contributed by atoms with Crippen molar-refractivity contribution in [3.05, 3.63) is 17.2 Å². The van der Waals surface area contributed by atoms with Crippen molar-refractivity contribution < 1.29 is 14.6 Å². The van der Waals surface area contributed by atoms with Crippen LogP contribution in [-0.4, -0.2) is 11.4 Å². The van der Waals surface area contributed by atoms with E-state index in [1.807, 2.05) is 0 Å². The molecule has 0 spiro atoms. The molecule has 0 bridgehead atoms. The number of phenols is 1. The molecule has 1 N–H and O–H groups in total. The van der Waals surface area contributed by atoms with Crippen LogP contribution in [0.25, 0.3) is 0 Å². The Morgan fingerprint density at radius 2 is 2.36 bits per heavy atom.